The first-order valence-electron chi connectivity index (χ1n) is 5.03. The van der Waals surface area contributed by atoms with Gasteiger partial charge in [-0.15, -0.1) is 0 Å². The maximum Gasteiger partial charge on any atom is 0.0729 e. The number of hydrogen-bond acceptors (Lipinski definition) is 3. The summed E-state index contributed by atoms with van der Waals surface area (Å²) in [4.78, 5) is 0. The number of aryl methyl sites for hydroxylation is 1. The van der Waals surface area contributed by atoms with Gasteiger partial charge in [0.25, 0.3) is 0 Å². The summed E-state index contributed by atoms with van der Waals surface area (Å²) in [6.45, 7) is 5.12. The highest BCUT2D eigenvalue weighted by Crippen LogP contribution is 2.23. The van der Waals surface area contributed by atoms with E-state index in [1.54, 1.807) is 4.68 Å². The van der Waals surface area contributed by atoms with E-state index in [0.29, 0.717) is 18.1 Å². The second kappa shape index (κ2) is 3.61. The minimum Gasteiger partial charge on any atom is -0.377 e. The summed E-state index contributed by atoms with van der Waals surface area (Å²) in [7, 11) is 1.92. The molecule has 1 aliphatic heterocycles. The van der Waals surface area contributed by atoms with Crippen LogP contribution in [0, 0.1) is 5.92 Å². The van der Waals surface area contributed by atoms with E-state index < -0.39 is 0 Å². The van der Waals surface area contributed by atoms with E-state index in [0.717, 1.165) is 12.3 Å². The second-order valence-corrected chi connectivity index (χ2v) is 4.05. The van der Waals surface area contributed by atoms with Crippen LogP contribution in [0.3, 0.4) is 0 Å². The summed E-state index contributed by atoms with van der Waals surface area (Å²) in [5.41, 5.74) is 1.07. The Balaban J connectivity index is 1.98. The molecule has 0 bridgehead atoms. The highest BCUT2D eigenvalue weighted by atomic mass is 16.5. The van der Waals surface area contributed by atoms with Crippen LogP contribution >= 0.6 is 0 Å². The van der Waals surface area contributed by atoms with Gasteiger partial charge >= 0.3 is 0 Å². The quantitative estimate of drug-likeness (QED) is 0.772. The lowest BCUT2D eigenvalue weighted by Gasteiger charge is -2.16. The van der Waals surface area contributed by atoms with Crippen molar-refractivity contribution in [3.05, 3.63) is 12.4 Å². The molecule has 2 heterocycles. The average Bonchev–Trinajstić information content (AvgIpc) is 2.67. The van der Waals surface area contributed by atoms with Crippen LogP contribution in [0.1, 0.15) is 13.8 Å². The van der Waals surface area contributed by atoms with Gasteiger partial charge in [-0.2, -0.15) is 5.10 Å². The van der Waals surface area contributed by atoms with Crippen LogP contribution in [0.5, 0.6) is 0 Å². The van der Waals surface area contributed by atoms with Crippen molar-refractivity contribution in [3.8, 4) is 0 Å². The van der Waals surface area contributed by atoms with Gasteiger partial charge in [-0.05, 0) is 6.92 Å². The van der Waals surface area contributed by atoms with Crippen molar-refractivity contribution in [1.82, 2.24) is 9.78 Å². The van der Waals surface area contributed by atoms with Crippen molar-refractivity contribution in [2.24, 2.45) is 13.0 Å². The van der Waals surface area contributed by atoms with Gasteiger partial charge in [0.05, 0.1) is 30.6 Å². The fourth-order valence-electron chi connectivity index (χ4n) is 1.77. The third-order valence-corrected chi connectivity index (χ3v) is 2.97. The van der Waals surface area contributed by atoms with Crippen LogP contribution in [0.4, 0.5) is 5.69 Å². The third kappa shape index (κ3) is 1.75. The predicted molar refractivity (Wildman–Crippen MR) is 55.2 cm³/mol. The highest BCUT2D eigenvalue weighted by Gasteiger charge is 2.30. The monoisotopic (exact) mass is 195 g/mol. The lowest BCUT2D eigenvalue weighted by atomic mass is 10.0. The molecule has 1 N–H and O–H groups in total. The zero-order chi connectivity index (χ0) is 10.1. The van der Waals surface area contributed by atoms with Crippen LogP contribution < -0.4 is 5.32 Å². The maximum atomic E-state index is 5.57. The van der Waals surface area contributed by atoms with E-state index in [2.05, 4.69) is 24.3 Å². The van der Waals surface area contributed by atoms with Crippen molar-refractivity contribution in [2.45, 2.75) is 26.0 Å². The van der Waals surface area contributed by atoms with Crippen LogP contribution in [-0.2, 0) is 11.8 Å². The first kappa shape index (κ1) is 9.52. The van der Waals surface area contributed by atoms with E-state index in [4.69, 9.17) is 4.74 Å². The fourth-order valence-corrected chi connectivity index (χ4v) is 1.77. The van der Waals surface area contributed by atoms with Crippen LogP contribution in [0.25, 0.3) is 0 Å². The summed E-state index contributed by atoms with van der Waals surface area (Å²) in [6, 6.07) is 0.411. The Morgan fingerprint density at radius 2 is 2.36 bits per heavy atom. The molecule has 0 aliphatic carbocycles. The summed E-state index contributed by atoms with van der Waals surface area (Å²) in [5.74, 6) is 0.551. The molecule has 1 fully saturated rings. The molecule has 1 aromatic heterocycles. The number of ether oxygens (including phenoxy) is 1. The molecule has 1 aliphatic rings. The summed E-state index contributed by atoms with van der Waals surface area (Å²) in [6.07, 6.45) is 4.18. The molecule has 14 heavy (non-hydrogen) atoms. The minimum atomic E-state index is 0.351. The third-order valence-electron chi connectivity index (χ3n) is 2.97. The Bertz CT molecular complexity index is 310. The SMILES string of the molecule is CC1OCC(Nc2cnn(C)c2)C1C. The molecule has 1 aromatic rings. The van der Waals surface area contributed by atoms with Gasteiger partial charge in [0.15, 0.2) is 0 Å². The van der Waals surface area contributed by atoms with Gasteiger partial charge in [0.2, 0.25) is 0 Å². The molecule has 3 unspecified atom stereocenters. The minimum absolute atomic E-state index is 0.351. The molecule has 0 spiro atoms. The van der Waals surface area contributed by atoms with Gasteiger partial charge in [-0.1, -0.05) is 6.92 Å². The van der Waals surface area contributed by atoms with E-state index >= 15 is 0 Å². The van der Waals surface area contributed by atoms with Crippen LogP contribution in [-0.4, -0.2) is 28.5 Å². The zero-order valence-electron chi connectivity index (χ0n) is 8.90. The molecule has 0 radical (unpaired) electrons. The molecule has 0 amide bonds. The molecule has 4 nitrogen and oxygen atoms in total. The van der Waals surface area contributed by atoms with Crippen molar-refractivity contribution >= 4 is 5.69 Å². The highest BCUT2D eigenvalue weighted by molar-refractivity contribution is 5.39. The molecule has 78 valence electrons. The molecule has 0 aromatic carbocycles. The lowest BCUT2D eigenvalue weighted by Crippen LogP contribution is -2.27. The number of nitrogens with one attached hydrogen (secondary N) is 1. The number of nitrogens with zero attached hydrogens (tertiary/aromatic N) is 2. The first-order chi connectivity index (χ1) is 6.66. The Morgan fingerprint density at radius 1 is 1.57 bits per heavy atom. The Labute approximate surface area is 84.3 Å². The van der Waals surface area contributed by atoms with Gasteiger partial charge in [-0.3, -0.25) is 4.68 Å². The van der Waals surface area contributed by atoms with Gasteiger partial charge in [0.1, 0.15) is 0 Å². The zero-order valence-corrected chi connectivity index (χ0v) is 8.90. The topological polar surface area (TPSA) is 39.1 Å². The predicted octanol–water partition coefficient (Wildman–Crippen LogP) is 1.26. The average molecular weight is 195 g/mol. The summed E-state index contributed by atoms with van der Waals surface area (Å²) in [5, 5.41) is 7.55. The summed E-state index contributed by atoms with van der Waals surface area (Å²) < 4.78 is 7.36. The van der Waals surface area contributed by atoms with E-state index in [-0.39, 0.29) is 0 Å². The first-order valence-corrected chi connectivity index (χ1v) is 5.03. The van der Waals surface area contributed by atoms with E-state index in [1.807, 2.05) is 19.4 Å². The Hall–Kier alpha value is -1.03. The molecule has 4 heteroatoms. The molecular weight excluding hydrogens is 178 g/mol. The van der Waals surface area contributed by atoms with Crippen molar-refractivity contribution < 1.29 is 4.74 Å². The molecule has 2 rings (SSSR count). The number of anilines is 1. The normalized spacial score (nSPS) is 32.1. The maximum absolute atomic E-state index is 5.57. The van der Waals surface area contributed by atoms with Gasteiger partial charge < -0.3 is 10.1 Å². The Kier molecular flexibility index (Phi) is 2.46. The van der Waals surface area contributed by atoms with Crippen molar-refractivity contribution in [1.29, 1.82) is 0 Å². The fraction of sp³-hybridized carbons (Fsp3) is 0.700. The van der Waals surface area contributed by atoms with Crippen LogP contribution in [0.15, 0.2) is 12.4 Å². The van der Waals surface area contributed by atoms with E-state index in [1.165, 1.54) is 0 Å². The standard InChI is InChI=1S/C10H17N3O/c1-7-8(2)14-6-10(7)12-9-4-11-13(3)5-9/h4-5,7-8,10,12H,6H2,1-3H3. The molecular formula is C10H17N3O. The van der Waals surface area contributed by atoms with Gasteiger partial charge in [0, 0.05) is 19.2 Å². The number of aromatic nitrogens is 2. The number of rotatable bonds is 2. The number of hydrogen-bond donors (Lipinski definition) is 1. The Morgan fingerprint density at radius 3 is 2.86 bits per heavy atom. The smallest absolute Gasteiger partial charge is 0.0729 e. The van der Waals surface area contributed by atoms with E-state index in [9.17, 15) is 0 Å². The summed E-state index contributed by atoms with van der Waals surface area (Å²) >= 11 is 0. The lowest BCUT2D eigenvalue weighted by molar-refractivity contribution is 0.109. The largest absolute Gasteiger partial charge is 0.377 e. The van der Waals surface area contributed by atoms with Gasteiger partial charge in [-0.25, -0.2) is 0 Å². The van der Waals surface area contributed by atoms with Crippen molar-refractivity contribution in [2.75, 3.05) is 11.9 Å². The second-order valence-electron chi connectivity index (χ2n) is 4.05. The molecule has 1 saturated heterocycles. The molecule has 3 atom stereocenters. The van der Waals surface area contributed by atoms with Crippen LogP contribution in [0.2, 0.25) is 0 Å². The molecule has 0 saturated carbocycles. The van der Waals surface area contributed by atoms with Crippen molar-refractivity contribution in [3.63, 3.8) is 0 Å².